The molecule has 1 aliphatic heterocycles. The van der Waals surface area contributed by atoms with E-state index < -0.39 is 5.97 Å². The van der Waals surface area contributed by atoms with Crippen molar-refractivity contribution in [3.8, 4) is 11.5 Å². The lowest BCUT2D eigenvalue weighted by molar-refractivity contribution is -0.113. The van der Waals surface area contributed by atoms with E-state index in [0.29, 0.717) is 23.6 Å². The number of rotatable bonds is 8. The molecule has 1 heterocycles. The minimum absolute atomic E-state index is 0.00199. The third-order valence-electron chi connectivity index (χ3n) is 5.50. The number of nitrogens with zero attached hydrogens (tertiary/aromatic N) is 1. The van der Waals surface area contributed by atoms with Crippen molar-refractivity contribution in [2.45, 2.75) is 20.0 Å². The van der Waals surface area contributed by atoms with E-state index in [-0.39, 0.29) is 18.1 Å². The van der Waals surface area contributed by atoms with Crippen LogP contribution in [0.5, 0.6) is 11.5 Å². The standard InChI is InChI=1S/C27H25NO5/c1-3-14-28-23-7-5-4-6-21(23)22(26(28)29)15-19-10-13-24(25(16-19)32-2)33-17-18-8-11-20(12-9-18)27(30)31/h4-13,15-16H,3,14,17H2,1-2H3,(H,30,31)/b22-15-. The Balaban J connectivity index is 1.56. The number of carboxylic acid groups (broad SMARTS) is 1. The molecule has 0 bridgehead atoms. The molecule has 3 aromatic rings. The number of benzene rings is 3. The second-order valence-electron chi connectivity index (χ2n) is 7.73. The van der Waals surface area contributed by atoms with Crippen LogP contribution in [0, 0.1) is 0 Å². The van der Waals surface area contributed by atoms with Gasteiger partial charge in [-0.05, 0) is 54.0 Å². The van der Waals surface area contributed by atoms with Gasteiger partial charge in [-0.3, -0.25) is 4.79 Å². The van der Waals surface area contributed by atoms with Crippen LogP contribution in [0.4, 0.5) is 5.69 Å². The van der Waals surface area contributed by atoms with Crippen LogP contribution < -0.4 is 14.4 Å². The number of para-hydroxylation sites is 1. The summed E-state index contributed by atoms with van der Waals surface area (Å²) in [6.45, 7) is 3.01. The molecule has 0 fully saturated rings. The number of amides is 1. The molecular formula is C27H25NO5. The molecule has 0 radical (unpaired) electrons. The van der Waals surface area contributed by atoms with Crippen molar-refractivity contribution in [2.24, 2.45) is 0 Å². The summed E-state index contributed by atoms with van der Waals surface area (Å²) < 4.78 is 11.4. The second-order valence-corrected chi connectivity index (χ2v) is 7.73. The summed E-state index contributed by atoms with van der Waals surface area (Å²) >= 11 is 0. The van der Waals surface area contributed by atoms with E-state index in [1.807, 2.05) is 53.4 Å². The largest absolute Gasteiger partial charge is 0.493 e. The van der Waals surface area contributed by atoms with Gasteiger partial charge in [-0.15, -0.1) is 0 Å². The number of ether oxygens (including phenoxy) is 2. The molecule has 33 heavy (non-hydrogen) atoms. The van der Waals surface area contributed by atoms with E-state index in [1.54, 1.807) is 31.4 Å². The summed E-state index contributed by atoms with van der Waals surface area (Å²) in [4.78, 5) is 25.9. The van der Waals surface area contributed by atoms with Crippen LogP contribution in [0.1, 0.15) is 40.4 Å². The SMILES string of the molecule is CCCN1C(=O)/C(=C\c2ccc(OCc3ccc(C(=O)O)cc3)c(OC)c2)c2ccccc21. The van der Waals surface area contributed by atoms with Crippen LogP contribution in [0.3, 0.4) is 0 Å². The van der Waals surface area contributed by atoms with E-state index >= 15 is 0 Å². The summed E-state index contributed by atoms with van der Waals surface area (Å²) in [5.74, 6) is 0.153. The molecule has 0 saturated carbocycles. The number of anilines is 1. The Morgan fingerprint density at radius 2 is 1.79 bits per heavy atom. The molecule has 0 aliphatic carbocycles. The number of carbonyl (C=O) groups is 2. The predicted octanol–water partition coefficient (Wildman–Crippen LogP) is 5.27. The van der Waals surface area contributed by atoms with E-state index in [1.165, 1.54) is 0 Å². The van der Waals surface area contributed by atoms with Crippen LogP contribution in [-0.4, -0.2) is 30.6 Å². The van der Waals surface area contributed by atoms with E-state index in [0.717, 1.165) is 28.8 Å². The number of hydrogen-bond acceptors (Lipinski definition) is 4. The lowest BCUT2D eigenvalue weighted by atomic mass is 10.0. The molecule has 3 aromatic carbocycles. The maximum Gasteiger partial charge on any atom is 0.335 e. The molecule has 1 aliphatic rings. The first-order valence-corrected chi connectivity index (χ1v) is 10.8. The lowest BCUT2D eigenvalue weighted by Crippen LogP contribution is -2.26. The van der Waals surface area contributed by atoms with Crippen LogP contribution in [0.2, 0.25) is 0 Å². The molecule has 6 nitrogen and oxygen atoms in total. The third kappa shape index (κ3) is 4.60. The Morgan fingerprint density at radius 1 is 1.03 bits per heavy atom. The second kappa shape index (κ2) is 9.61. The Kier molecular flexibility index (Phi) is 6.45. The smallest absolute Gasteiger partial charge is 0.335 e. The lowest BCUT2D eigenvalue weighted by Gasteiger charge is -2.15. The third-order valence-corrected chi connectivity index (χ3v) is 5.50. The Hall–Kier alpha value is -4.06. The van der Waals surface area contributed by atoms with Crippen LogP contribution in [-0.2, 0) is 11.4 Å². The Bertz CT molecular complexity index is 1210. The van der Waals surface area contributed by atoms with Gasteiger partial charge >= 0.3 is 5.97 Å². The monoisotopic (exact) mass is 443 g/mol. The number of aromatic carboxylic acids is 1. The summed E-state index contributed by atoms with van der Waals surface area (Å²) in [6.07, 6.45) is 2.76. The summed E-state index contributed by atoms with van der Waals surface area (Å²) in [6, 6.07) is 19.9. The highest BCUT2D eigenvalue weighted by Gasteiger charge is 2.31. The highest BCUT2D eigenvalue weighted by Crippen LogP contribution is 2.38. The zero-order valence-corrected chi connectivity index (χ0v) is 18.6. The first-order chi connectivity index (χ1) is 16.0. The molecule has 6 heteroatoms. The maximum absolute atomic E-state index is 13.1. The van der Waals surface area contributed by atoms with E-state index in [4.69, 9.17) is 14.6 Å². The highest BCUT2D eigenvalue weighted by atomic mass is 16.5. The molecule has 1 amide bonds. The van der Waals surface area contributed by atoms with Gasteiger partial charge in [0.1, 0.15) is 6.61 Å². The van der Waals surface area contributed by atoms with Gasteiger partial charge in [0, 0.05) is 17.7 Å². The number of fused-ring (bicyclic) bond motifs is 1. The minimum Gasteiger partial charge on any atom is -0.493 e. The van der Waals surface area contributed by atoms with Gasteiger partial charge in [0.2, 0.25) is 0 Å². The fourth-order valence-corrected chi connectivity index (χ4v) is 3.86. The van der Waals surface area contributed by atoms with Crippen molar-refractivity contribution in [2.75, 3.05) is 18.6 Å². The molecular weight excluding hydrogens is 418 g/mol. The molecule has 0 aromatic heterocycles. The Morgan fingerprint density at radius 3 is 2.48 bits per heavy atom. The molecule has 4 rings (SSSR count). The highest BCUT2D eigenvalue weighted by molar-refractivity contribution is 6.35. The van der Waals surface area contributed by atoms with Crippen molar-refractivity contribution in [3.05, 3.63) is 89.0 Å². The van der Waals surface area contributed by atoms with Crippen LogP contribution >= 0.6 is 0 Å². The first kappa shape index (κ1) is 22.1. The summed E-state index contributed by atoms with van der Waals surface area (Å²) in [5, 5.41) is 9.02. The summed E-state index contributed by atoms with van der Waals surface area (Å²) in [5.41, 5.74) is 4.44. The van der Waals surface area contributed by atoms with E-state index in [2.05, 4.69) is 6.92 Å². The average molecular weight is 443 g/mol. The molecule has 0 unspecified atom stereocenters. The average Bonchev–Trinajstić information content (AvgIpc) is 3.09. The van der Waals surface area contributed by atoms with E-state index in [9.17, 15) is 9.59 Å². The van der Waals surface area contributed by atoms with Gasteiger partial charge in [-0.25, -0.2) is 4.79 Å². The number of hydrogen-bond donors (Lipinski definition) is 1. The van der Waals surface area contributed by atoms with Gasteiger partial charge in [-0.1, -0.05) is 43.3 Å². The van der Waals surface area contributed by atoms with Gasteiger partial charge in [0.25, 0.3) is 5.91 Å². The maximum atomic E-state index is 13.1. The van der Waals surface area contributed by atoms with Gasteiger partial charge < -0.3 is 19.5 Å². The molecule has 0 saturated heterocycles. The Labute approximate surface area is 192 Å². The quantitative estimate of drug-likeness (QED) is 0.480. The van der Waals surface area contributed by atoms with Crippen molar-refractivity contribution < 1.29 is 24.2 Å². The van der Waals surface area contributed by atoms with Crippen molar-refractivity contribution in [1.82, 2.24) is 0 Å². The number of carboxylic acids is 1. The van der Waals surface area contributed by atoms with Gasteiger partial charge in [-0.2, -0.15) is 0 Å². The van der Waals surface area contributed by atoms with Crippen LogP contribution in [0.15, 0.2) is 66.7 Å². The van der Waals surface area contributed by atoms with Crippen molar-refractivity contribution in [1.29, 1.82) is 0 Å². The normalized spacial score (nSPS) is 13.8. The molecule has 0 atom stereocenters. The topological polar surface area (TPSA) is 76.1 Å². The first-order valence-electron chi connectivity index (χ1n) is 10.8. The van der Waals surface area contributed by atoms with Crippen molar-refractivity contribution >= 4 is 29.2 Å². The van der Waals surface area contributed by atoms with Gasteiger partial charge in [0.05, 0.1) is 18.4 Å². The fraction of sp³-hybridized carbons (Fsp3) is 0.185. The number of methoxy groups -OCH3 is 1. The molecule has 1 N–H and O–H groups in total. The van der Waals surface area contributed by atoms with Crippen LogP contribution in [0.25, 0.3) is 11.6 Å². The fourth-order valence-electron chi connectivity index (χ4n) is 3.86. The summed E-state index contributed by atoms with van der Waals surface area (Å²) in [7, 11) is 1.57. The molecule has 0 spiro atoms. The zero-order valence-electron chi connectivity index (χ0n) is 18.6. The number of carbonyl (C=O) groups excluding carboxylic acids is 1. The molecule has 168 valence electrons. The van der Waals surface area contributed by atoms with Crippen molar-refractivity contribution in [3.63, 3.8) is 0 Å². The predicted molar refractivity (Wildman–Crippen MR) is 128 cm³/mol. The van der Waals surface area contributed by atoms with Gasteiger partial charge in [0.15, 0.2) is 11.5 Å². The minimum atomic E-state index is -0.963. The zero-order chi connectivity index (χ0) is 23.4.